The second-order valence-electron chi connectivity index (χ2n) is 4.80. The third-order valence-corrected chi connectivity index (χ3v) is 3.06. The van der Waals surface area contributed by atoms with Gasteiger partial charge in [0.1, 0.15) is 37.1 Å². The van der Waals surface area contributed by atoms with Crippen LogP contribution in [-0.4, -0.2) is 77.7 Å². The molecule has 122 valence electrons. The van der Waals surface area contributed by atoms with Crippen LogP contribution in [0.3, 0.4) is 0 Å². The Balaban J connectivity index is 2.53. The summed E-state index contributed by atoms with van der Waals surface area (Å²) in [6, 6.07) is -0.850. The minimum absolute atomic E-state index is 0.354. The highest BCUT2D eigenvalue weighted by atomic mass is 16.7. The van der Waals surface area contributed by atoms with Crippen LogP contribution in [0.15, 0.2) is 0 Å². The zero-order chi connectivity index (χ0) is 16.2. The van der Waals surface area contributed by atoms with Crippen molar-refractivity contribution in [2.45, 2.75) is 50.6 Å². The summed E-state index contributed by atoms with van der Waals surface area (Å²) in [6.07, 6.45) is -6.52. The van der Waals surface area contributed by atoms with E-state index in [-0.39, 0.29) is 12.5 Å². The van der Waals surface area contributed by atoms with Gasteiger partial charge in [0.25, 0.3) is 0 Å². The van der Waals surface area contributed by atoms with E-state index in [1.807, 2.05) is 0 Å². The number of carbonyl (C=O) groups is 2. The summed E-state index contributed by atoms with van der Waals surface area (Å²) in [5.41, 5.74) is 0. The van der Waals surface area contributed by atoms with E-state index in [0.717, 1.165) is 0 Å². The van der Waals surface area contributed by atoms with E-state index in [1.54, 1.807) is 0 Å². The van der Waals surface area contributed by atoms with Gasteiger partial charge in [-0.2, -0.15) is 0 Å². The van der Waals surface area contributed by atoms with Crippen molar-refractivity contribution in [3.8, 4) is 0 Å². The second kappa shape index (κ2) is 7.66. The largest absolute Gasteiger partial charge is 0.461 e. The molecule has 1 fully saturated rings. The van der Waals surface area contributed by atoms with Gasteiger partial charge < -0.3 is 34.8 Å². The lowest BCUT2D eigenvalue weighted by Crippen LogP contribution is -2.59. The third-order valence-electron chi connectivity index (χ3n) is 3.06. The number of aliphatic hydroxyl groups excluding tert-OH is 3. The van der Waals surface area contributed by atoms with Crippen LogP contribution < -0.4 is 5.32 Å². The molecule has 0 aromatic heterocycles. The molecule has 1 rings (SSSR count). The average molecular weight is 307 g/mol. The number of amides is 1. The first-order valence-electron chi connectivity index (χ1n) is 6.44. The first-order valence-corrected chi connectivity index (χ1v) is 6.44. The summed E-state index contributed by atoms with van der Waals surface area (Å²) in [5, 5.41) is 31.3. The number of methoxy groups -OCH3 is 1. The molecule has 0 unspecified atom stereocenters. The van der Waals surface area contributed by atoms with Crippen molar-refractivity contribution >= 4 is 11.9 Å². The highest BCUT2D eigenvalue weighted by Gasteiger charge is 2.44. The number of rotatable bonds is 5. The lowest BCUT2D eigenvalue weighted by Gasteiger charge is -2.39. The van der Waals surface area contributed by atoms with Gasteiger partial charge in [0.2, 0.25) is 5.91 Å². The molecule has 0 aromatic carbocycles. The van der Waals surface area contributed by atoms with E-state index in [0.29, 0.717) is 0 Å². The van der Waals surface area contributed by atoms with Gasteiger partial charge in [-0.25, -0.2) is 4.79 Å². The number of carbonyl (C=O) groups excluding carboxylic acids is 2. The molecule has 9 nitrogen and oxygen atoms in total. The highest BCUT2D eigenvalue weighted by molar-refractivity contribution is 5.82. The third kappa shape index (κ3) is 4.61. The van der Waals surface area contributed by atoms with Crippen molar-refractivity contribution in [1.29, 1.82) is 0 Å². The molecule has 0 saturated carbocycles. The fourth-order valence-electron chi connectivity index (χ4n) is 1.90. The number of ether oxygens (including phenoxy) is 3. The number of aliphatic hydroxyl groups is 3. The van der Waals surface area contributed by atoms with Crippen LogP contribution in [0.4, 0.5) is 0 Å². The van der Waals surface area contributed by atoms with Crippen LogP contribution in [0.25, 0.3) is 0 Å². The molecule has 1 aliphatic rings. The fourth-order valence-corrected chi connectivity index (χ4v) is 1.90. The Bertz CT molecular complexity index is 374. The molecular weight excluding hydrogens is 286 g/mol. The van der Waals surface area contributed by atoms with Crippen molar-refractivity contribution in [1.82, 2.24) is 5.32 Å². The normalized spacial score (nSPS) is 34.1. The second-order valence-corrected chi connectivity index (χ2v) is 4.80. The Morgan fingerprint density at radius 2 is 1.86 bits per heavy atom. The van der Waals surface area contributed by atoms with Gasteiger partial charge in [-0.1, -0.05) is 0 Å². The number of hydrogen-bond acceptors (Lipinski definition) is 8. The average Bonchev–Trinajstić information content (AvgIpc) is 2.43. The zero-order valence-corrected chi connectivity index (χ0v) is 12.1. The van der Waals surface area contributed by atoms with Crippen molar-refractivity contribution < 1.29 is 39.1 Å². The Morgan fingerprint density at radius 3 is 2.38 bits per heavy atom. The lowest BCUT2D eigenvalue weighted by molar-refractivity contribution is -0.295. The van der Waals surface area contributed by atoms with Crippen LogP contribution in [0.5, 0.6) is 0 Å². The van der Waals surface area contributed by atoms with E-state index in [9.17, 15) is 24.9 Å². The molecule has 0 spiro atoms. The smallest absolute Gasteiger partial charge is 0.328 e. The molecule has 0 radical (unpaired) electrons. The highest BCUT2D eigenvalue weighted by Crippen LogP contribution is 2.21. The summed E-state index contributed by atoms with van der Waals surface area (Å²) in [4.78, 5) is 22.4. The van der Waals surface area contributed by atoms with Gasteiger partial charge in [0.05, 0.1) is 0 Å². The topological polar surface area (TPSA) is 135 Å². The molecule has 0 aliphatic carbocycles. The Morgan fingerprint density at radius 1 is 1.24 bits per heavy atom. The van der Waals surface area contributed by atoms with Gasteiger partial charge in [0.15, 0.2) is 6.29 Å². The Labute approximate surface area is 121 Å². The fraction of sp³-hybridized carbons (Fsp3) is 0.833. The summed E-state index contributed by atoms with van der Waals surface area (Å²) in [5.74, 6) is -1.10. The minimum atomic E-state index is -1.49. The molecule has 9 heteroatoms. The quantitative estimate of drug-likeness (QED) is 0.410. The van der Waals surface area contributed by atoms with E-state index >= 15 is 0 Å². The molecule has 0 aromatic rings. The van der Waals surface area contributed by atoms with Gasteiger partial charge >= 0.3 is 5.97 Å². The molecule has 1 saturated heterocycles. The minimum Gasteiger partial charge on any atom is -0.461 e. The Kier molecular flexibility index (Phi) is 6.49. The maximum absolute atomic E-state index is 11.6. The van der Waals surface area contributed by atoms with Gasteiger partial charge in [0, 0.05) is 14.0 Å². The summed E-state index contributed by atoms with van der Waals surface area (Å²) in [6.45, 7) is 2.35. The van der Waals surface area contributed by atoms with Crippen molar-refractivity contribution in [3.63, 3.8) is 0 Å². The van der Waals surface area contributed by atoms with Crippen LogP contribution in [-0.2, 0) is 23.8 Å². The molecular formula is C12H21NO8. The molecule has 6 atom stereocenters. The number of esters is 1. The molecule has 1 amide bonds. The van der Waals surface area contributed by atoms with E-state index < -0.39 is 42.7 Å². The maximum atomic E-state index is 11.6. The first kappa shape index (κ1) is 17.8. The van der Waals surface area contributed by atoms with Crippen LogP contribution in [0.1, 0.15) is 13.8 Å². The molecule has 4 N–H and O–H groups in total. The lowest BCUT2D eigenvalue weighted by atomic mass is 9.99. The SMILES string of the molecule is CO[C@H]1O[C@H](COC(=O)[C@H](C)NC(C)=O)[C@@H](O)[C@H](O)[C@@H]1O. The predicted octanol–water partition coefficient (Wildman–Crippen LogP) is -2.49. The van der Waals surface area contributed by atoms with Crippen LogP contribution in [0, 0.1) is 0 Å². The van der Waals surface area contributed by atoms with Crippen molar-refractivity contribution in [2.24, 2.45) is 0 Å². The molecule has 0 bridgehead atoms. The summed E-state index contributed by atoms with van der Waals surface area (Å²) < 4.78 is 14.9. The van der Waals surface area contributed by atoms with Crippen LogP contribution in [0.2, 0.25) is 0 Å². The standard InChI is InChI=1S/C12H21NO8/c1-5(13-6(2)14)11(18)20-4-7-8(15)9(16)10(17)12(19-3)21-7/h5,7-10,12,15-17H,4H2,1-3H3,(H,13,14)/t5-,7+,8+,9-,10-,12-/m0/s1. The molecule has 1 heterocycles. The number of nitrogens with one attached hydrogen (secondary N) is 1. The summed E-state index contributed by atoms with van der Waals surface area (Å²) in [7, 11) is 1.26. The first-order chi connectivity index (χ1) is 9.77. The predicted molar refractivity (Wildman–Crippen MR) is 67.9 cm³/mol. The van der Waals surface area contributed by atoms with E-state index in [4.69, 9.17) is 14.2 Å². The monoisotopic (exact) mass is 307 g/mol. The summed E-state index contributed by atoms with van der Waals surface area (Å²) >= 11 is 0. The Hall–Kier alpha value is -1.26. The van der Waals surface area contributed by atoms with Gasteiger partial charge in [-0.3, -0.25) is 4.79 Å². The molecule has 1 aliphatic heterocycles. The zero-order valence-electron chi connectivity index (χ0n) is 12.1. The van der Waals surface area contributed by atoms with Gasteiger partial charge in [-0.05, 0) is 6.92 Å². The van der Waals surface area contributed by atoms with Crippen molar-refractivity contribution in [3.05, 3.63) is 0 Å². The maximum Gasteiger partial charge on any atom is 0.328 e. The van der Waals surface area contributed by atoms with Crippen LogP contribution >= 0.6 is 0 Å². The van der Waals surface area contributed by atoms with E-state index in [2.05, 4.69) is 5.32 Å². The van der Waals surface area contributed by atoms with Gasteiger partial charge in [-0.15, -0.1) is 0 Å². The van der Waals surface area contributed by atoms with E-state index in [1.165, 1.54) is 21.0 Å². The number of hydrogen-bond donors (Lipinski definition) is 4. The molecule has 21 heavy (non-hydrogen) atoms. The van der Waals surface area contributed by atoms with Crippen molar-refractivity contribution in [2.75, 3.05) is 13.7 Å².